The minimum Gasteiger partial charge on any atom is -0.333 e. The summed E-state index contributed by atoms with van der Waals surface area (Å²) in [5.74, 6) is 0. The summed E-state index contributed by atoms with van der Waals surface area (Å²) in [6.07, 6.45) is 2.29. The number of amides is 2. The molecule has 1 N–H and O–H groups in total. The highest BCUT2D eigenvalue weighted by molar-refractivity contribution is 5.79. The molecule has 2 fully saturated rings. The van der Waals surface area contributed by atoms with E-state index in [-0.39, 0.29) is 11.6 Å². The third-order valence-electron chi connectivity index (χ3n) is 3.06. The Hall–Kier alpha value is -0.730. The van der Waals surface area contributed by atoms with Crippen LogP contribution in [0, 0.1) is 0 Å². The number of nitrogens with zero attached hydrogens (tertiary/aromatic N) is 1. The van der Waals surface area contributed by atoms with Crippen molar-refractivity contribution in [3.8, 4) is 0 Å². The third-order valence-corrected chi connectivity index (χ3v) is 3.06. The molecule has 0 aromatic carbocycles. The zero-order valence-electron chi connectivity index (χ0n) is 6.35. The molecule has 2 atom stereocenters. The van der Waals surface area contributed by atoms with Crippen LogP contribution < -0.4 is 5.32 Å². The molecule has 2 unspecified atom stereocenters. The monoisotopic (exact) mass is 140 g/mol. The fourth-order valence-electron chi connectivity index (χ4n) is 1.81. The molecule has 2 aliphatic rings. The number of urea groups is 1. The molecular formula is C7H12N2O. The normalized spacial score (nSPS) is 44.4. The molecule has 2 rings (SSSR count). The minimum atomic E-state index is 0.0880. The van der Waals surface area contributed by atoms with E-state index in [0.717, 1.165) is 12.8 Å². The van der Waals surface area contributed by atoms with E-state index in [1.165, 1.54) is 0 Å². The van der Waals surface area contributed by atoms with Crippen molar-refractivity contribution in [2.45, 2.75) is 31.3 Å². The van der Waals surface area contributed by atoms with Gasteiger partial charge >= 0.3 is 6.03 Å². The summed E-state index contributed by atoms with van der Waals surface area (Å²) < 4.78 is 0. The Bertz CT molecular complexity index is 192. The molecule has 0 spiro atoms. The van der Waals surface area contributed by atoms with Crippen LogP contribution in [0.25, 0.3) is 0 Å². The first-order chi connectivity index (χ1) is 4.64. The zero-order chi connectivity index (χ0) is 7.35. The predicted octanol–water partition coefficient (Wildman–Crippen LogP) is 0.562. The number of fused-ring (bicyclic) bond motifs is 1. The van der Waals surface area contributed by atoms with Crippen LogP contribution in [0.1, 0.15) is 19.8 Å². The van der Waals surface area contributed by atoms with Crippen LogP contribution in [0.4, 0.5) is 4.79 Å². The first-order valence-corrected chi connectivity index (χ1v) is 3.69. The molecule has 0 radical (unpaired) electrons. The fraction of sp³-hybridized carbons (Fsp3) is 0.857. The van der Waals surface area contributed by atoms with Gasteiger partial charge in [0.25, 0.3) is 0 Å². The second-order valence-electron chi connectivity index (χ2n) is 3.46. The van der Waals surface area contributed by atoms with Crippen molar-refractivity contribution < 1.29 is 4.79 Å². The van der Waals surface area contributed by atoms with Crippen molar-refractivity contribution in [2.75, 3.05) is 7.05 Å². The number of hydrogen-bond acceptors (Lipinski definition) is 1. The maximum absolute atomic E-state index is 11.1. The largest absolute Gasteiger partial charge is 0.333 e. The molecular weight excluding hydrogens is 128 g/mol. The second kappa shape index (κ2) is 1.47. The van der Waals surface area contributed by atoms with Crippen molar-refractivity contribution in [2.24, 2.45) is 0 Å². The molecule has 1 saturated heterocycles. The Balaban J connectivity index is 2.28. The molecule has 1 aliphatic heterocycles. The van der Waals surface area contributed by atoms with E-state index >= 15 is 0 Å². The lowest BCUT2D eigenvalue weighted by Crippen LogP contribution is -2.55. The molecule has 10 heavy (non-hydrogen) atoms. The SMILES string of the molecule is CN1C(=O)NC2CCC21C. The average molecular weight is 140 g/mol. The summed E-state index contributed by atoms with van der Waals surface area (Å²) in [6, 6.07) is 0.509. The molecule has 56 valence electrons. The molecule has 0 bridgehead atoms. The van der Waals surface area contributed by atoms with Crippen LogP contribution in [0.15, 0.2) is 0 Å². The van der Waals surface area contributed by atoms with E-state index in [9.17, 15) is 4.79 Å². The van der Waals surface area contributed by atoms with Gasteiger partial charge in [-0.2, -0.15) is 0 Å². The lowest BCUT2D eigenvalue weighted by atomic mass is 9.74. The van der Waals surface area contributed by atoms with Crippen LogP contribution in [-0.2, 0) is 0 Å². The summed E-state index contributed by atoms with van der Waals surface area (Å²) in [5, 5.41) is 2.93. The standard InChI is InChI=1S/C7H12N2O/c1-7-4-3-5(7)8-6(10)9(7)2/h5H,3-4H2,1-2H3,(H,8,10). The molecule has 1 aliphatic carbocycles. The van der Waals surface area contributed by atoms with Crippen molar-refractivity contribution in [1.82, 2.24) is 10.2 Å². The molecule has 2 amide bonds. The van der Waals surface area contributed by atoms with Crippen molar-refractivity contribution in [1.29, 1.82) is 0 Å². The highest BCUT2D eigenvalue weighted by Crippen LogP contribution is 2.40. The van der Waals surface area contributed by atoms with Gasteiger partial charge in [-0.15, -0.1) is 0 Å². The average Bonchev–Trinajstić information content (AvgIpc) is 2.03. The van der Waals surface area contributed by atoms with Gasteiger partial charge in [0.15, 0.2) is 0 Å². The van der Waals surface area contributed by atoms with Gasteiger partial charge in [0.2, 0.25) is 0 Å². The van der Waals surface area contributed by atoms with Gasteiger partial charge in [0.1, 0.15) is 0 Å². The van der Waals surface area contributed by atoms with Crippen molar-refractivity contribution in [3.05, 3.63) is 0 Å². The first-order valence-electron chi connectivity index (χ1n) is 3.69. The lowest BCUT2D eigenvalue weighted by molar-refractivity contribution is 0.104. The van der Waals surface area contributed by atoms with Crippen LogP contribution in [0.5, 0.6) is 0 Å². The van der Waals surface area contributed by atoms with Gasteiger partial charge in [0.05, 0.1) is 11.6 Å². The van der Waals surface area contributed by atoms with Crippen LogP contribution in [-0.4, -0.2) is 29.6 Å². The van der Waals surface area contributed by atoms with Crippen molar-refractivity contribution in [3.63, 3.8) is 0 Å². The number of hydrogen-bond donors (Lipinski definition) is 1. The Kier molecular flexibility index (Phi) is 0.881. The van der Waals surface area contributed by atoms with Gasteiger partial charge in [0, 0.05) is 7.05 Å². The Morgan fingerprint density at radius 3 is 2.70 bits per heavy atom. The molecule has 1 heterocycles. The Labute approximate surface area is 60.4 Å². The predicted molar refractivity (Wildman–Crippen MR) is 37.7 cm³/mol. The van der Waals surface area contributed by atoms with E-state index in [2.05, 4.69) is 12.2 Å². The van der Waals surface area contributed by atoms with Gasteiger partial charge in [-0.05, 0) is 19.8 Å². The number of rotatable bonds is 0. The summed E-state index contributed by atoms with van der Waals surface area (Å²) in [6.45, 7) is 2.14. The summed E-state index contributed by atoms with van der Waals surface area (Å²) in [7, 11) is 1.87. The lowest BCUT2D eigenvalue weighted by Gasteiger charge is -2.44. The van der Waals surface area contributed by atoms with Crippen LogP contribution in [0.2, 0.25) is 0 Å². The zero-order valence-corrected chi connectivity index (χ0v) is 6.35. The summed E-state index contributed by atoms with van der Waals surface area (Å²) in [5.41, 5.74) is 0.136. The number of nitrogens with one attached hydrogen (secondary N) is 1. The van der Waals surface area contributed by atoms with E-state index in [4.69, 9.17) is 0 Å². The molecule has 1 saturated carbocycles. The number of likely N-dealkylation sites (N-methyl/N-ethyl adjacent to an activating group) is 1. The quantitative estimate of drug-likeness (QED) is 0.524. The van der Waals surface area contributed by atoms with Gasteiger partial charge in [-0.1, -0.05) is 0 Å². The molecule has 3 heteroatoms. The second-order valence-corrected chi connectivity index (χ2v) is 3.46. The minimum absolute atomic E-state index is 0.0880. The maximum Gasteiger partial charge on any atom is 0.317 e. The number of carbonyl (C=O) groups excluding carboxylic acids is 1. The van der Waals surface area contributed by atoms with E-state index in [1.807, 2.05) is 11.9 Å². The summed E-state index contributed by atoms with van der Waals surface area (Å²) >= 11 is 0. The Morgan fingerprint density at radius 2 is 2.50 bits per heavy atom. The highest BCUT2D eigenvalue weighted by Gasteiger charge is 2.53. The van der Waals surface area contributed by atoms with Crippen LogP contribution >= 0.6 is 0 Å². The molecule has 0 aromatic heterocycles. The fourth-order valence-corrected chi connectivity index (χ4v) is 1.81. The molecule has 0 aromatic rings. The van der Waals surface area contributed by atoms with E-state index < -0.39 is 0 Å². The Morgan fingerprint density at radius 1 is 1.80 bits per heavy atom. The topological polar surface area (TPSA) is 32.3 Å². The van der Waals surface area contributed by atoms with Crippen LogP contribution in [0.3, 0.4) is 0 Å². The van der Waals surface area contributed by atoms with E-state index in [0.29, 0.717) is 6.04 Å². The highest BCUT2D eigenvalue weighted by atomic mass is 16.2. The van der Waals surface area contributed by atoms with Gasteiger partial charge in [-0.25, -0.2) is 4.79 Å². The third kappa shape index (κ3) is 0.448. The maximum atomic E-state index is 11.1. The smallest absolute Gasteiger partial charge is 0.317 e. The summed E-state index contributed by atoms with van der Waals surface area (Å²) in [4.78, 5) is 12.9. The number of carbonyl (C=O) groups is 1. The van der Waals surface area contributed by atoms with Gasteiger partial charge in [-0.3, -0.25) is 0 Å². The first kappa shape index (κ1) is 6.01. The van der Waals surface area contributed by atoms with Crippen molar-refractivity contribution >= 4 is 6.03 Å². The van der Waals surface area contributed by atoms with Gasteiger partial charge < -0.3 is 10.2 Å². The van der Waals surface area contributed by atoms with E-state index in [1.54, 1.807) is 0 Å². The molecule has 3 nitrogen and oxygen atoms in total.